The topological polar surface area (TPSA) is 41.6 Å². The number of likely N-dealkylation sites (tertiary alicyclic amines) is 1. The number of hydrogen-bond donors (Lipinski definition) is 1. The Bertz CT molecular complexity index is 464. The van der Waals surface area contributed by atoms with Gasteiger partial charge in [-0.3, -0.25) is 0 Å². The van der Waals surface area contributed by atoms with Gasteiger partial charge in [0.05, 0.1) is 6.61 Å². The Morgan fingerprint density at radius 1 is 1.38 bits per heavy atom. The minimum atomic E-state index is -0.349. The molecule has 116 valence electrons. The van der Waals surface area contributed by atoms with E-state index in [1.165, 1.54) is 12.1 Å². The zero-order valence-corrected chi connectivity index (χ0v) is 12.6. The molecule has 2 rings (SSSR count). The molecule has 0 aromatic heterocycles. The average molecular weight is 294 g/mol. The fourth-order valence-electron chi connectivity index (χ4n) is 2.99. The fourth-order valence-corrected chi connectivity index (χ4v) is 2.99. The molecule has 1 amide bonds. The van der Waals surface area contributed by atoms with E-state index in [0.717, 1.165) is 31.5 Å². The SMILES string of the molecule is CCOC(=O)NC1CC(Cc2ccc(F)cc2)CN(C)C1. The van der Waals surface area contributed by atoms with Gasteiger partial charge >= 0.3 is 6.09 Å². The van der Waals surface area contributed by atoms with Crippen LogP contribution in [0.4, 0.5) is 9.18 Å². The molecule has 0 spiro atoms. The van der Waals surface area contributed by atoms with Crippen LogP contribution >= 0.6 is 0 Å². The maximum Gasteiger partial charge on any atom is 0.407 e. The molecule has 0 aliphatic carbocycles. The normalized spacial score (nSPS) is 22.8. The molecule has 2 unspecified atom stereocenters. The van der Waals surface area contributed by atoms with Crippen LogP contribution in [0.1, 0.15) is 18.9 Å². The van der Waals surface area contributed by atoms with Gasteiger partial charge in [-0.2, -0.15) is 0 Å². The highest BCUT2D eigenvalue weighted by Gasteiger charge is 2.26. The van der Waals surface area contributed by atoms with E-state index in [1.54, 1.807) is 6.92 Å². The van der Waals surface area contributed by atoms with Crippen molar-refractivity contribution in [2.45, 2.75) is 25.8 Å². The first-order chi connectivity index (χ1) is 10.1. The number of carbonyl (C=O) groups excluding carboxylic acids is 1. The van der Waals surface area contributed by atoms with Gasteiger partial charge in [0.25, 0.3) is 0 Å². The summed E-state index contributed by atoms with van der Waals surface area (Å²) in [5, 5.41) is 2.91. The second-order valence-corrected chi connectivity index (χ2v) is 5.72. The van der Waals surface area contributed by atoms with Gasteiger partial charge in [-0.1, -0.05) is 12.1 Å². The Morgan fingerprint density at radius 2 is 2.10 bits per heavy atom. The van der Waals surface area contributed by atoms with E-state index in [0.29, 0.717) is 12.5 Å². The second kappa shape index (κ2) is 7.41. The van der Waals surface area contributed by atoms with Gasteiger partial charge < -0.3 is 15.0 Å². The summed E-state index contributed by atoms with van der Waals surface area (Å²) in [7, 11) is 2.05. The molecule has 2 atom stereocenters. The third-order valence-electron chi connectivity index (χ3n) is 3.75. The third-order valence-corrected chi connectivity index (χ3v) is 3.75. The van der Waals surface area contributed by atoms with Crippen LogP contribution in [0.5, 0.6) is 0 Å². The molecule has 0 radical (unpaired) electrons. The molecule has 0 saturated carbocycles. The van der Waals surface area contributed by atoms with Crippen LogP contribution in [-0.2, 0) is 11.2 Å². The van der Waals surface area contributed by atoms with Crippen molar-refractivity contribution in [1.82, 2.24) is 10.2 Å². The molecular formula is C16H23FN2O2. The number of nitrogens with one attached hydrogen (secondary N) is 1. The number of halogens is 1. The highest BCUT2D eigenvalue weighted by molar-refractivity contribution is 5.67. The smallest absolute Gasteiger partial charge is 0.407 e. The molecule has 1 heterocycles. The van der Waals surface area contributed by atoms with Crippen molar-refractivity contribution in [3.63, 3.8) is 0 Å². The summed E-state index contributed by atoms with van der Waals surface area (Å²) < 4.78 is 17.9. The van der Waals surface area contributed by atoms with Crippen molar-refractivity contribution >= 4 is 6.09 Å². The Hall–Kier alpha value is -1.62. The van der Waals surface area contributed by atoms with Crippen molar-refractivity contribution < 1.29 is 13.9 Å². The van der Waals surface area contributed by atoms with Gasteiger partial charge in [0.15, 0.2) is 0 Å². The zero-order valence-electron chi connectivity index (χ0n) is 12.6. The maximum absolute atomic E-state index is 12.9. The van der Waals surface area contributed by atoms with Crippen molar-refractivity contribution in [3.8, 4) is 0 Å². The molecule has 21 heavy (non-hydrogen) atoms. The molecule has 1 fully saturated rings. The van der Waals surface area contributed by atoms with Crippen LogP contribution in [0.2, 0.25) is 0 Å². The van der Waals surface area contributed by atoms with E-state index in [9.17, 15) is 9.18 Å². The largest absolute Gasteiger partial charge is 0.450 e. The standard InChI is InChI=1S/C16H23FN2O2/c1-3-21-16(20)18-15-9-13(10-19(2)11-15)8-12-4-6-14(17)7-5-12/h4-7,13,15H,3,8-11H2,1-2H3,(H,18,20). The highest BCUT2D eigenvalue weighted by Crippen LogP contribution is 2.20. The minimum absolute atomic E-state index is 0.105. The second-order valence-electron chi connectivity index (χ2n) is 5.72. The van der Waals surface area contributed by atoms with Crippen molar-refractivity contribution in [3.05, 3.63) is 35.6 Å². The molecule has 4 nitrogen and oxygen atoms in total. The summed E-state index contributed by atoms with van der Waals surface area (Å²) in [5.74, 6) is 0.238. The predicted octanol–water partition coefficient (Wildman–Crippen LogP) is 2.43. The van der Waals surface area contributed by atoms with Gasteiger partial charge in [-0.25, -0.2) is 9.18 Å². The van der Waals surface area contributed by atoms with E-state index in [2.05, 4.69) is 17.3 Å². The Morgan fingerprint density at radius 3 is 2.76 bits per heavy atom. The van der Waals surface area contributed by atoms with Crippen LogP contribution in [0, 0.1) is 11.7 Å². The minimum Gasteiger partial charge on any atom is -0.450 e. The number of likely N-dealkylation sites (N-methyl/N-ethyl adjacent to an activating group) is 1. The quantitative estimate of drug-likeness (QED) is 0.927. The Balaban J connectivity index is 1.90. The van der Waals surface area contributed by atoms with Crippen LogP contribution in [0.25, 0.3) is 0 Å². The molecule has 1 N–H and O–H groups in total. The van der Waals surface area contributed by atoms with Crippen LogP contribution in [0.15, 0.2) is 24.3 Å². The number of piperidine rings is 1. The summed E-state index contributed by atoms with van der Waals surface area (Å²) in [6.07, 6.45) is 1.46. The van der Waals surface area contributed by atoms with Gasteiger partial charge in [-0.15, -0.1) is 0 Å². The van der Waals surface area contributed by atoms with Crippen LogP contribution < -0.4 is 5.32 Å². The molecule has 5 heteroatoms. The van der Waals surface area contributed by atoms with E-state index < -0.39 is 0 Å². The van der Waals surface area contributed by atoms with E-state index in [1.807, 2.05) is 12.1 Å². The third kappa shape index (κ3) is 5.01. The first-order valence-corrected chi connectivity index (χ1v) is 7.43. The van der Waals surface area contributed by atoms with Gasteiger partial charge in [-0.05, 0) is 50.4 Å². The molecule has 0 bridgehead atoms. The molecule has 1 saturated heterocycles. The lowest BCUT2D eigenvalue weighted by molar-refractivity contribution is 0.127. The highest BCUT2D eigenvalue weighted by atomic mass is 19.1. The van der Waals surface area contributed by atoms with Crippen molar-refractivity contribution in [2.75, 3.05) is 26.7 Å². The lowest BCUT2D eigenvalue weighted by Gasteiger charge is -2.35. The first kappa shape index (κ1) is 15.8. The van der Waals surface area contributed by atoms with E-state index in [4.69, 9.17) is 4.74 Å². The average Bonchev–Trinajstić information content (AvgIpc) is 2.41. The number of ether oxygens (including phenoxy) is 1. The monoisotopic (exact) mass is 294 g/mol. The first-order valence-electron chi connectivity index (χ1n) is 7.43. The summed E-state index contributed by atoms with van der Waals surface area (Å²) in [5.41, 5.74) is 1.13. The molecule has 1 aliphatic rings. The number of amides is 1. The van der Waals surface area contributed by atoms with Crippen molar-refractivity contribution in [1.29, 1.82) is 0 Å². The number of rotatable bonds is 4. The number of alkyl carbamates (subject to hydrolysis) is 1. The van der Waals surface area contributed by atoms with Gasteiger partial charge in [0.2, 0.25) is 0 Å². The summed E-state index contributed by atoms with van der Waals surface area (Å²) >= 11 is 0. The number of nitrogens with zero attached hydrogens (tertiary/aromatic N) is 1. The molecular weight excluding hydrogens is 271 g/mol. The summed E-state index contributed by atoms with van der Waals surface area (Å²) in [6.45, 7) is 3.99. The lowest BCUT2D eigenvalue weighted by atomic mass is 9.89. The molecule has 1 aliphatic heterocycles. The lowest BCUT2D eigenvalue weighted by Crippen LogP contribution is -2.50. The zero-order chi connectivity index (χ0) is 15.2. The fraction of sp³-hybridized carbons (Fsp3) is 0.562. The van der Waals surface area contributed by atoms with Gasteiger partial charge in [0.1, 0.15) is 5.82 Å². The molecule has 1 aromatic carbocycles. The van der Waals surface area contributed by atoms with Gasteiger partial charge in [0, 0.05) is 19.1 Å². The maximum atomic E-state index is 12.9. The summed E-state index contributed by atoms with van der Waals surface area (Å²) in [4.78, 5) is 13.7. The molecule has 1 aromatic rings. The number of carbonyl (C=O) groups is 1. The number of hydrogen-bond acceptors (Lipinski definition) is 3. The van der Waals surface area contributed by atoms with E-state index >= 15 is 0 Å². The Kier molecular flexibility index (Phi) is 5.56. The predicted molar refractivity (Wildman–Crippen MR) is 79.7 cm³/mol. The number of benzene rings is 1. The van der Waals surface area contributed by atoms with Crippen LogP contribution in [-0.4, -0.2) is 43.8 Å². The Labute approximate surface area is 125 Å². The van der Waals surface area contributed by atoms with Crippen LogP contribution in [0.3, 0.4) is 0 Å². The van der Waals surface area contributed by atoms with E-state index in [-0.39, 0.29) is 18.0 Å². The summed E-state index contributed by atoms with van der Waals surface area (Å²) in [6, 6.07) is 6.76. The van der Waals surface area contributed by atoms with Crippen molar-refractivity contribution in [2.24, 2.45) is 5.92 Å².